The van der Waals surface area contributed by atoms with Gasteiger partial charge in [0, 0.05) is 24.8 Å². The van der Waals surface area contributed by atoms with Gasteiger partial charge in [0.25, 0.3) is 5.91 Å². The molecule has 1 unspecified atom stereocenters. The van der Waals surface area contributed by atoms with Gasteiger partial charge in [-0.25, -0.2) is 0 Å². The van der Waals surface area contributed by atoms with E-state index in [1.165, 1.54) is 5.56 Å². The molecule has 3 nitrogen and oxygen atoms in total. The number of aryl methyl sites for hydroxylation is 2. The Morgan fingerprint density at radius 2 is 2.16 bits per heavy atom. The van der Waals surface area contributed by atoms with Gasteiger partial charge in [0.1, 0.15) is 0 Å². The smallest absolute Gasteiger partial charge is 0.254 e. The second kappa shape index (κ2) is 6.20. The third kappa shape index (κ3) is 3.16. The molecule has 0 saturated carbocycles. The molecule has 104 valence electrons. The molecular formula is C16H23NO2. The molecule has 0 aromatic heterocycles. The van der Waals surface area contributed by atoms with E-state index < -0.39 is 0 Å². The van der Waals surface area contributed by atoms with E-state index in [1.807, 2.05) is 30.9 Å². The molecule has 0 spiro atoms. The largest absolute Gasteiger partial charge is 0.396 e. The van der Waals surface area contributed by atoms with Crippen LogP contribution in [0.3, 0.4) is 0 Å². The van der Waals surface area contributed by atoms with Gasteiger partial charge in [-0.15, -0.1) is 0 Å². The molecule has 2 rings (SSSR count). The van der Waals surface area contributed by atoms with Crippen LogP contribution in [0.4, 0.5) is 0 Å². The predicted octanol–water partition coefficient (Wildman–Crippen LogP) is 2.68. The molecule has 1 heterocycles. The molecule has 0 aliphatic carbocycles. The first-order chi connectivity index (χ1) is 9.13. The van der Waals surface area contributed by atoms with Crippen molar-refractivity contribution in [2.45, 2.75) is 45.6 Å². The summed E-state index contributed by atoms with van der Waals surface area (Å²) in [5.74, 6) is 0.121. The SMILES string of the molecule is Cc1ccc(C(=O)N2CCCCC2CCO)c(C)c1. The van der Waals surface area contributed by atoms with Crippen LogP contribution >= 0.6 is 0 Å². The predicted molar refractivity (Wildman–Crippen MR) is 76.3 cm³/mol. The van der Waals surface area contributed by atoms with Gasteiger partial charge in [-0.2, -0.15) is 0 Å². The van der Waals surface area contributed by atoms with Crippen LogP contribution in [-0.2, 0) is 0 Å². The summed E-state index contributed by atoms with van der Waals surface area (Å²) >= 11 is 0. The molecule has 1 aromatic carbocycles. The van der Waals surface area contributed by atoms with Crippen LogP contribution < -0.4 is 0 Å². The monoisotopic (exact) mass is 261 g/mol. The van der Waals surface area contributed by atoms with Gasteiger partial charge in [0.15, 0.2) is 0 Å². The first-order valence-corrected chi connectivity index (χ1v) is 7.12. The van der Waals surface area contributed by atoms with Crippen molar-refractivity contribution < 1.29 is 9.90 Å². The van der Waals surface area contributed by atoms with Crippen molar-refractivity contribution in [3.8, 4) is 0 Å². The highest BCUT2D eigenvalue weighted by Gasteiger charge is 2.27. The quantitative estimate of drug-likeness (QED) is 0.908. The van der Waals surface area contributed by atoms with E-state index in [2.05, 4.69) is 6.07 Å². The molecule has 1 N–H and O–H groups in total. The van der Waals surface area contributed by atoms with Crippen molar-refractivity contribution >= 4 is 5.91 Å². The van der Waals surface area contributed by atoms with Gasteiger partial charge in [-0.3, -0.25) is 4.79 Å². The summed E-state index contributed by atoms with van der Waals surface area (Å²) in [6.07, 6.45) is 3.92. The van der Waals surface area contributed by atoms with Gasteiger partial charge >= 0.3 is 0 Å². The maximum Gasteiger partial charge on any atom is 0.254 e. The maximum absolute atomic E-state index is 12.7. The highest BCUT2D eigenvalue weighted by molar-refractivity contribution is 5.96. The summed E-state index contributed by atoms with van der Waals surface area (Å²) < 4.78 is 0. The van der Waals surface area contributed by atoms with Gasteiger partial charge in [0.2, 0.25) is 0 Å². The number of aliphatic hydroxyl groups is 1. The Balaban J connectivity index is 2.21. The van der Waals surface area contributed by atoms with Gasteiger partial charge in [-0.05, 0) is 51.2 Å². The lowest BCUT2D eigenvalue weighted by molar-refractivity contribution is 0.0574. The number of likely N-dealkylation sites (tertiary alicyclic amines) is 1. The Kier molecular flexibility index (Phi) is 4.59. The number of hydrogen-bond donors (Lipinski definition) is 1. The number of carbonyl (C=O) groups excluding carboxylic acids is 1. The van der Waals surface area contributed by atoms with E-state index in [4.69, 9.17) is 5.11 Å². The molecule has 1 aliphatic heterocycles. The van der Waals surface area contributed by atoms with Crippen molar-refractivity contribution in [1.29, 1.82) is 0 Å². The van der Waals surface area contributed by atoms with Gasteiger partial charge in [0.05, 0.1) is 0 Å². The lowest BCUT2D eigenvalue weighted by Gasteiger charge is -2.36. The van der Waals surface area contributed by atoms with Crippen LogP contribution in [0.25, 0.3) is 0 Å². The number of amides is 1. The number of benzene rings is 1. The zero-order valence-electron chi connectivity index (χ0n) is 11.9. The van der Waals surface area contributed by atoms with E-state index in [0.29, 0.717) is 6.42 Å². The van der Waals surface area contributed by atoms with E-state index >= 15 is 0 Å². The van der Waals surface area contributed by atoms with Crippen LogP contribution in [0.1, 0.15) is 47.2 Å². The van der Waals surface area contributed by atoms with Crippen molar-refractivity contribution in [3.05, 3.63) is 34.9 Å². The van der Waals surface area contributed by atoms with Crippen molar-refractivity contribution in [1.82, 2.24) is 4.90 Å². The van der Waals surface area contributed by atoms with E-state index in [-0.39, 0.29) is 18.6 Å². The average Bonchev–Trinajstić information content (AvgIpc) is 2.39. The fourth-order valence-corrected chi connectivity index (χ4v) is 2.93. The molecule has 1 saturated heterocycles. The molecule has 1 aliphatic rings. The standard InChI is InChI=1S/C16H23NO2/c1-12-6-7-15(13(2)11-12)16(19)17-9-4-3-5-14(17)8-10-18/h6-7,11,14,18H,3-5,8-10H2,1-2H3. The number of nitrogens with zero attached hydrogens (tertiary/aromatic N) is 1. The van der Waals surface area contributed by atoms with Crippen LogP contribution in [0, 0.1) is 13.8 Å². The number of carbonyl (C=O) groups is 1. The Labute approximate surface area is 115 Å². The summed E-state index contributed by atoms with van der Waals surface area (Å²) in [7, 11) is 0. The lowest BCUT2D eigenvalue weighted by Crippen LogP contribution is -2.44. The fourth-order valence-electron chi connectivity index (χ4n) is 2.93. The second-order valence-corrected chi connectivity index (χ2v) is 5.48. The van der Waals surface area contributed by atoms with Crippen LogP contribution in [0.5, 0.6) is 0 Å². The third-order valence-electron chi connectivity index (χ3n) is 3.96. The number of rotatable bonds is 3. The summed E-state index contributed by atoms with van der Waals surface area (Å²) in [5, 5.41) is 9.14. The average molecular weight is 261 g/mol. The second-order valence-electron chi connectivity index (χ2n) is 5.48. The summed E-state index contributed by atoms with van der Waals surface area (Å²) in [4.78, 5) is 14.6. The Hall–Kier alpha value is -1.35. The summed E-state index contributed by atoms with van der Waals surface area (Å²) in [6.45, 7) is 5.00. The van der Waals surface area contributed by atoms with E-state index in [0.717, 1.165) is 36.9 Å². The maximum atomic E-state index is 12.7. The first-order valence-electron chi connectivity index (χ1n) is 7.12. The number of piperidine rings is 1. The molecule has 1 amide bonds. The van der Waals surface area contributed by atoms with Gasteiger partial charge < -0.3 is 10.0 Å². The highest BCUT2D eigenvalue weighted by Crippen LogP contribution is 2.23. The molecule has 1 aromatic rings. The Morgan fingerprint density at radius 1 is 1.37 bits per heavy atom. The molecule has 1 fully saturated rings. The topological polar surface area (TPSA) is 40.5 Å². The third-order valence-corrected chi connectivity index (χ3v) is 3.96. The summed E-state index contributed by atoms with van der Waals surface area (Å²) in [5.41, 5.74) is 3.02. The first kappa shape index (κ1) is 14.1. The highest BCUT2D eigenvalue weighted by atomic mass is 16.3. The van der Waals surface area contributed by atoms with Crippen molar-refractivity contribution in [2.24, 2.45) is 0 Å². The van der Waals surface area contributed by atoms with Crippen LogP contribution in [0.2, 0.25) is 0 Å². The minimum absolute atomic E-state index is 0.121. The van der Waals surface area contributed by atoms with Gasteiger partial charge in [-0.1, -0.05) is 17.7 Å². The normalized spacial score (nSPS) is 19.5. The molecule has 0 radical (unpaired) electrons. The Morgan fingerprint density at radius 3 is 2.84 bits per heavy atom. The molecule has 19 heavy (non-hydrogen) atoms. The lowest BCUT2D eigenvalue weighted by atomic mass is 9.97. The number of hydrogen-bond acceptors (Lipinski definition) is 2. The molecule has 3 heteroatoms. The zero-order valence-corrected chi connectivity index (χ0v) is 11.9. The zero-order chi connectivity index (χ0) is 13.8. The van der Waals surface area contributed by atoms with E-state index in [1.54, 1.807) is 0 Å². The summed E-state index contributed by atoms with van der Waals surface area (Å²) in [6, 6.07) is 6.17. The van der Waals surface area contributed by atoms with Crippen molar-refractivity contribution in [2.75, 3.05) is 13.2 Å². The molecular weight excluding hydrogens is 238 g/mol. The van der Waals surface area contributed by atoms with Crippen molar-refractivity contribution in [3.63, 3.8) is 0 Å². The fraction of sp³-hybridized carbons (Fsp3) is 0.562. The van der Waals surface area contributed by atoms with Crippen LogP contribution in [-0.4, -0.2) is 35.1 Å². The molecule has 0 bridgehead atoms. The Bertz CT molecular complexity index is 454. The minimum Gasteiger partial charge on any atom is -0.396 e. The number of aliphatic hydroxyl groups excluding tert-OH is 1. The van der Waals surface area contributed by atoms with E-state index in [9.17, 15) is 4.79 Å². The van der Waals surface area contributed by atoms with Crippen LogP contribution in [0.15, 0.2) is 18.2 Å². The molecule has 1 atom stereocenters. The minimum atomic E-state index is 0.121.